The molecule has 10 heavy (non-hydrogen) atoms. The van der Waals surface area contributed by atoms with Gasteiger partial charge in [-0.2, -0.15) is 8.42 Å². The predicted octanol–water partition coefficient (Wildman–Crippen LogP) is -1.17. The van der Waals surface area contributed by atoms with Gasteiger partial charge in [0.15, 0.2) is 0 Å². The normalized spacial score (nSPS) is 8.80. The van der Waals surface area contributed by atoms with E-state index in [2.05, 4.69) is 13.8 Å². The lowest BCUT2D eigenvalue weighted by molar-refractivity contribution is 0.335. The first-order valence-electron chi connectivity index (χ1n) is 1.72. The summed E-state index contributed by atoms with van der Waals surface area (Å²) in [4.78, 5) is 18.5. The van der Waals surface area contributed by atoms with Crippen LogP contribution in [0.15, 0.2) is 9.55 Å². The first-order chi connectivity index (χ1) is 4.62. The molecule has 0 aromatic rings. The van der Waals surface area contributed by atoms with E-state index in [4.69, 9.17) is 0 Å². The second kappa shape index (κ2) is 3.52. The molecule has 0 rings (SSSR count). The lowest BCUT2D eigenvalue weighted by Crippen LogP contribution is -1.95. The molecule has 0 aromatic carbocycles. The largest absolute Gasteiger partial charge is 0.459 e. The zero-order valence-electron chi connectivity index (χ0n) is 4.34. The highest BCUT2D eigenvalue weighted by molar-refractivity contribution is 7.85. The van der Waals surface area contributed by atoms with Crippen LogP contribution in [0.3, 0.4) is 0 Å². The molecule has 0 aromatic heterocycles. The Labute approximate surface area is 55.3 Å². The molecule has 0 saturated heterocycles. The van der Waals surface area contributed by atoms with E-state index in [0.29, 0.717) is 6.08 Å². The molecule has 8 heteroatoms. The summed E-state index contributed by atoms with van der Waals surface area (Å²) >= 11 is 0. The van der Waals surface area contributed by atoms with Crippen molar-refractivity contribution < 1.29 is 22.3 Å². The van der Waals surface area contributed by atoms with Crippen molar-refractivity contribution in [3.05, 3.63) is 0 Å². The topological polar surface area (TPSA) is 102 Å². The quantitative estimate of drug-likeness (QED) is 0.297. The summed E-state index contributed by atoms with van der Waals surface area (Å²) in [7, 11) is -4.42. The first kappa shape index (κ1) is 8.51. The Bertz CT molecular complexity index is 292. The van der Waals surface area contributed by atoms with Gasteiger partial charge in [-0.3, -0.25) is 0 Å². The molecule has 0 atom stereocenters. The molecule has 0 aliphatic heterocycles. The average molecular weight is 164 g/mol. The molecule has 0 saturated carbocycles. The smallest absolute Gasteiger partial charge is 0.238 e. The van der Waals surface area contributed by atoms with Gasteiger partial charge >= 0.3 is 10.3 Å². The van der Waals surface area contributed by atoms with Gasteiger partial charge < -0.3 is 0 Å². The minimum absolute atomic E-state index is 0.689. The molecule has 7 nitrogen and oxygen atoms in total. The number of hydrogen-bond acceptors (Lipinski definition) is 6. The van der Waals surface area contributed by atoms with Crippen LogP contribution in [0.1, 0.15) is 0 Å². The van der Waals surface area contributed by atoms with E-state index >= 15 is 0 Å². The van der Waals surface area contributed by atoms with Crippen molar-refractivity contribution in [2.75, 3.05) is 0 Å². The Morgan fingerprint density at radius 2 is 1.80 bits per heavy atom. The van der Waals surface area contributed by atoms with E-state index in [1.165, 1.54) is 0 Å². The van der Waals surface area contributed by atoms with E-state index in [0.717, 1.165) is 6.08 Å². The molecule has 0 spiro atoms. The van der Waals surface area contributed by atoms with Crippen LogP contribution in [-0.2, 0) is 24.2 Å². The number of rotatable bonds is 3. The third-order valence-electron chi connectivity index (χ3n) is 0.318. The molecule has 0 bridgehead atoms. The molecular weight excluding hydrogens is 164 g/mol. The van der Waals surface area contributed by atoms with Gasteiger partial charge in [0.2, 0.25) is 0 Å². The summed E-state index contributed by atoms with van der Waals surface area (Å²) in [5.41, 5.74) is 0. The fourth-order valence-corrected chi connectivity index (χ4v) is 0.374. The van der Waals surface area contributed by atoms with Gasteiger partial charge in [0.05, 0.1) is 0 Å². The Hall–Kier alpha value is -1.49. The molecule has 0 heterocycles. The van der Waals surface area contributed by atoms with Crippen LogP contribution in [0.2, 0.25) is 0 Å². The summed E-state index contributed by atoms with van der Waals surface area (Å²) in [5, 5.41) is 2.20. The van der Waals surface area contributed by atoms with E-state index in [1.54, 1.807) is 0 Å². The summed E-state index contributed by atoms with van der Waals surface area (Å²) < 4.78 is 25.7. The fraction of sp³-hybridized carbons (Fsp3) is 0. The zero-order chi connectivity index (χ0) is 8.04. The van der Waals surface area contributed by atoms with Crippen molar-refractivity contribution in [1.82, 2.24) is 0 Å². The van der Waals surface area contributed by atoms with Crippen LogP contribution in [0.5, 0.6) is 0 Å². The Balaban J connectivity index is 4.44. The van der Waals surface area contributed by atoms with E-state index < -0.39 is 10.3 Å². The standard InChI is InChI=1S/C2N2O5S/c5-1-3-9-10(7,8)4-2-6. The first-order valence-corrected chi connectivity index (χ1v) is 3.09. The van der Waals surface area contributed by atoms with E-state index in [9.17, 15) is 18.0 Å². The molecule has 0 unspecified atom stereocenters. The van der Waals surface area contributed by atoms with Crippen molar-refractivity contribution >= 4 is 22.5 Å². The van der Waals surface area contributed by atoms with Gasteiger partial charge in [-0.1, -0.05) is 0 Å². The molecular formula is C2N2O5S. The molecule has 0 aliphatic rings. The van der Waals surface area contributed by atoms with Gasteiger partial charge in [-0.05, 0) is 4.40 Å². The number of nitrogens with zero attached hydrogens (tertiary/aromatic N) is 2. The van der Waals surface area contributed by atoms with Crippen molar-refractivity contribution in [3.8, 4) is 0 Å². The number of isocyanates is 2. The Morgan fingerprint density at radius 1 is 1.20 bits per heavy atom. The monoisotopic (exact) mass is 164 g/mol. The van der Waals surface area contributed by atoms with Crippen molar-refractivity contribution in [3.63, 3.8) is 0 Å². The third kappa shape index (κ3) is 3.50. The van der Waals surface area contributed by atoms with Gasteiger partial charge in [0, 0.05) is 5.16 Å². The zero-order valence-corrected chi connectivity index (χ0v) is 5.16. The van der Waals surface area contributed by atoms with Crippen molar-refractivity contribution in [2.45, 2.75) is 0 Å². The Kier molecular flexibility index (Phi) is 2.99. The molecule has 0 amide bonds. The van der Waals surface area contributed by atoms with Crippen LogP contribution in [0.4, 0.5) is 0 Å². The van der Waals surface area contributed by atoms with Gasteiger partial charge in [0.25, 0.3) is 12.2 Å². The van der Waals surface area contributed by atoms with Crippen molar-refractivity contribution in [2.24, 2.45) is 9.55 Å². The van der Waals surface area contributed by atoms with Crippen LogP contribution in [0.25, 0.3) is 0 Å². The minimum atomic E-state index is -4.42. The maximum atomic E-state index is 10.1. The van der Waals surface area contributed by atoms with E-state index in [-0.39, 0.29) is 0 Å². The van der Waals surface area contributed by atoms with Crippen LogP contribution < -0.4 is 0 Å². The second-order valence-electron chi connectivity index (χ2n) is 0.867. The van der Waals surface area contributed by atoms with Crippen LogP contribution in [-0.4, -0.2) is 20.6 Å². The number of hydrogen-bond donors (Lipinski definition) is 0. The summed E-state index contributed by atoms with van der Waals surface area (Å²) in [5.74, 6) is 0. The SMILES string of the molecule is O=C=NOS(=O)(=O)N=C=O. The van der Waals surface area contributed by atoms with Crippen LogP contribution in [0, 0.1) is 0 Å². The van der Waals surface area contributed by atoms with Gasteiger partial charge in [0.1, 0.15) is 0 Å². The molecule has 0 fully saturated rings. The lowest BCUT2D eigenvalue weighted by Gasteiger charge is -1.83. The molecule has 0 N–H and O–H groups in total. The summed E-state index contributed by atoms with van der Waals surface area (Å²) in [6, 6.07) is 0. The number of carbonyl (C=O) groups excluding carboxylic acids is 2. The fourth-order valence-electron chi connectivity index (χ4n) is 0.125. The third-order valence-corrected chi connectivity index (χ3v) is 0.879. The highest BCUT2D eigenvalue weighted by Gasteiger charge is 2.06. The lowest BCUT2D eigenvalue weighted by atomic mass is 11.7. The predicted molar refractivity (Wildman–Crippen MR) is 26.2 cm³/mol. The maximum Gasteiger partial charge on any atom is 0.459 e. The van der Waals surface area contributed by atoms with Gasteiger partial charge in [-0.15, -0.1) is 0 Å². The molecule has 54 valence electrons. The summed E-state index contributed by atoms with van der Waals surface area (Å²) in [6.45, 7) is 0. The van der Waals surface area contributed by atoms with E-state index in [1.807, 2.05) is 0 Å². The molecule has 0 radical (unpaired) electrons. The summed E-state index contributed by atoms with van der Waals surface area (Å²) in [6.07, 6.45) is 1.46. The highest BCUT2D eigenvalue weighted by atomic mass is 32.2. The maximum absolute atomic E-state index is 10.1. The van der Waals surface area contributed by atoms with Crippen LogP contribution >= 0.6 is 0 Å². The van der Waals surface area contributed by atoms with Gasteiger partial charge in [-0.25, -0.2) is 13.9 Å². The molecule has 0 aliphatic carbocycles. The average Bonchev–Trinajstić information content (AvgIpc) is 1.84. The van der Waals surface area contributed by atoms with Crippen molar-refractivity contribution in [1.29, 1.82) is 0 Å². The highest BCUT2D eigenvalue weighted by Crippen LogP contribution is 1.91. The minimum Gasteiger partial charge on any atom is -0.238 e. The second-order valence-corrected chi connectivity index (χ2v) is 2.05. The Morgan fingerprint density at radius 3 is 2.20 bits per heavy atom.